The van der Waals surface area contributed by atoms with Crippen molar-refractivity contribution in [2.45, 2.75) is 137 Å². The van der Waals surface area contributed by atoms with Gasteiger partial charge in [0.2, 0.25) is 17.7 Å². The van der Waals surface area contributed by atoms with Gasteiger partial charge in [-0.1, -0.05) is 64.9 Å². The van der Waals surface area contributed by atoms with Crippen molar-refractivity contribution >= 4 is 5.91 Å². The summed E-state index contributed by atoms with van der Waals surface area (Å²) in [5.41, 5.74) is 10.0. The molecule has 10 rings (SSSR count). The van der Waals surface area contributed by atoms with Crippen molar-refractivity contribution in [3.05, 3.63) is 94.7 Å². The van der Waals surface area contributed by atoms with Gasteiger partial charge < -0.3 is 30.3 Å². The number of benzene rings is 2. The highest BCUT2D eigenvalue weighted by Gasteiger charge is 2.52. The highest BCUT2D eigenvalue weighted by molar-refractivity contribution is 5.77. The molecule has 0 bridgehead atoms. The van der Waals surface area contributed by atoms with Gasteiger partial charge in [-0.25, -0.2) is 0 Å². The maximum atomic E-state index is 13.4. The normalized spacial score (nSPS) is 30.6. The molecule has 11 heteroatoms. The van der Waals surface area contributed by atoms with Crippen LogP contribution < -0.4 is 16.4 Å². The third-order valence-electron chi connectivity index (χ3n) is 13.8. The topological polar surface area (TPSA) is 148 Å². The fourth-order valence-electron chi connectivity index (χ4n) is 9.40. The molecular formula is C43H54N8O3. The van der Waals surface area contributed by atoms with E-state index < -0.39 is 0 Å². The van der Waals surface area contributed by atoms with Crippen molar-refractivity contribution < 1.29 is 13.8 Å². The Kier molecular flexibility index (Phi) is 8.94. The number of carbonyl (C=O) groups is 1. The van der Waals surface area contributed by atoms with Crippen LogP contribution in [0.1, 0.15) is 135 Å². The van der Waals surface area contributed by atoms with Gasteiger partial charge in [0.1, 0.15) is 0 Å². The Morgan fingerprint density at radius 1 is 0.778 bits per heavy atom. The number of piperidine rings is 1. The molecule has 1 aliphatic heterocycles. The lowest BCUT2D eigenvalue weighted by Gasteiger charge is -2.30. The van der Waals surface area contributed by atoms with Gasteiger partial charge in [0.15, 0.2) is 11.6 Å². The largest absolute Gasteiger partial charge is 0.339 e. The van der Waals surface area contributed by atoms with Crippen LogP contribution >= 0.6 is 0 Å². The van der Waals surface area contributed by atoms with Crippen LogP contribution in [0.25, 0.3) is 0 Å². The third-order valence-corrected chi connectivity index (χ3v) is 13.8. The Bertz CT molecular complexity index is 1940. The molecule has 6 fully saturated rings. The average Bonchev–Trinajstić information content (AvgIpc) is 4.08. The second kappa shape index (κ2) is 14.0. The summed E-state index contributed by atoms with van der Waals surface area (Å²) < 4.78 is 11.6. The zero-order chi connectivity index (χ0) is 36.3. The number of amides is 1. The molecule has 4 N–H and O–H groups in total. The van der Waals surface area contributed by atoms with Crippen LogP contribution in [0.5, 0.6) is 0 Å². The third kappa shape index (κ3) is 7.27. The Labute approximate surface area is 317 Å². The van der Waals surface area contributed by atoms with Gasteiger partial charge in [-0.3, -0.25) is 4.79 Å². The van der Waals surface area contributed by atoms with E-state index in [1.807, 2.05) is 4.90 Å². The molecule has 5 saturated carbocycles. The highest BCUT2D eigenvalue weighted by Crippen LogP contribution is 2.50. The molecular weight excluding hydrogens is 677 g/mol. The predicted molar refractivity (Wildman–Crippen MR) is 203 cm³/mol. The van der Waals surface area contributed by atoms with Gasteiger partial charge in [-0.15, -0.1) is 0 Å². The van der Waals surface area contributed by atoms with Gasteiger partial charge in [-0.2, -0.15) is 9.97 Å². The van der Waals surface area contributed by atoms with Crippen molar-refractivity contribution in [2.24, 2.45) is 11.7 Å². The molecule has 11 nitrogen and oxygen atoms in total. The van der Waals surface area contributed by atoms with Crippen molar-refractivity contribution in [1.29, 1.82) is 0 Å². The van der Waals surface area contributed by atoms with Crippen LogP contribution in [0.15, 0.2) is 63.6 Å². The van der Waals surface area contributed by atoms with E-state index in [2.05, 4.69) is 75.5 Å². The van der Waals surface area contributed by atoms with E-state index >= 15 is 0 Å². The number of nitrogens with two attached hydrogens (primary N) is 1. The van der Waals surface area contributed by atoms with Gasteiger partial charge in [0.05, 0.1) is 0 Å². The molecule has 1 saturated heterocycles. The second-order valence-electron chi connectivity index (χ2n) is 17.8. The molecule has 0 spiro atoms. The van der Waals surface area contributed by atoms with E-state index in [-0.39, 0.29) is 22.7 Å². The minimum atomic E-state index is -0.0288. The van der Waals surface area contributed by atoms with Gasteiger partial charge in [-0.05, 0) is 93.2 Å². The molecule has 2 aromatic heterocycles. The van der Waals surface area contributed by atoms with Crippen LogP contribution in [0.3, 0.4) is 0 Å². The quantitative estimate of drug-likeness (QED) is 0.138. The lowest BCUT2D eigenvalue weighted by atomic mass is 9.84. The number of rotatable bonds is 15. The van der Waals surface area contributed by atoms with E-state index in [9.17, 15) is 4.79 Å². The highest BCUT2D eigenvalue weighted by atomic mass is 16.5. The van der Waals surface area contributed by atoms with Crippen LogP contribution in [0, 0.1) is 5.92 Å². The molecule has 3 heterocycles. The van der Waals surface area contributed by atoms with Crippen LogP contribution in [0.4, 0.5) is 0 Å². The molecule has 3 unspecified atom stereocenters. The fourth-order valence-corrected chi connectivity index (χ4v) is 9.40. The standard InChI is InChI=1S/C43H54N8O3/c44-32-11-9-27(10-12-32)20-37-47-40(49-53-37)42(14-15-42)25-46-36-23-34(36)30-8-4-5-28(19-30)24-51-18-13-31(21-38(51)52)39-48-41(50-54-39)43(16-17-43)26-45-35-22-33(35)29-6-2-1-3-7-29/h1-8,19,27,31-36,45-46H,9-18,20-26,44H2/t27?,31?,32?,33?,34?,35-,36-/m0/s1. The van der Waals surface area contributed by atoms with Gasteiger partial charge in [0, 0.05) is 85.7 Å². The molecule has 0 radical (unpaired) electrons. The van der Waals surface area contributed by atoms with Crippen molar-refractivity contribution in [3.63, 3.8) is 0 Å². The Balaban J connectivity index is 0.684. The smallest absolute Gasteiger partial charge is 0.230 e. The molecule has 6 aliphatic rings. The zero-order valence-corrected chi connectivity index (χ0v) is 31.3. The summed E-state index contributed by atoms with van der Waals surface area (Å²) in [4.78, 5) is 25.2. The van der Waals surface area contributed by atoms with Crippen LogP contribution in [-0.4, -0.2) is 68.8 Å². The van der Waals surface area contributed by atoms with Crippen molar-refractivity contribution in [1.82, 2.24) is 35.8 Å². The van der Waals surface area contributed by atoms with E-state index in [4.69, 9.17) is 24.7 Å². The number of nitrogens with zero attached hydrogens (tertiary/aromatic N) is 5. The average molecular weight is 731 g/mol. The molecule has 1 amide bonds. The summed E-state index contributed by atoms with van der Waals surface area (Å²) in [5, 5.41) is 16.5. The lowest BCUT2D eigenvalue weighted by molar-refractivity contribution is -0.134. The molecule has 2 aromatic carbocycles. The first-order valence-corrected chi connectivity index (χ1v) is 20.7. The minimum absolute atomic E-state index is 0.0142. The summed E-state index contributed by atoms with van der Waals surface area (Å²) in [7, 11) is 0. The van der Waals surface area contributed by atoms with E-state index in [0.29, 0.717) is 61.3 Å². The number of carbonyl (C=O) groups excluding carboxylic acids is 1. The number of hydrogen-bond donors (Lipinski definition) is 3. The van der Waals surface area contributed by atoms with Gasteiger partial charge in [0.25, 0.3) is 0 Å². The maximum absolute atomic E-state index is 13.4. The number of aromatic nitrogens is 4. The summed E-state index contributed by atoms with van der Waals surface area (Å²) in [6.07, 6.45) is 13.3. The number of hydrogen-bond acceptors (Lipinski definition) is 10. The Morgan fingerprint density at radius 2 is 1.44 bits per heavy atom. The second-order valence-corrected chi connectivity index (χ2v) is 17.8. The summed E-state index contributed by atoms with van der Waals surface area (Å²) in [5.74, 6) is 4.97. The monoisotopic (exact) mass is 730 g/mol. The molecule has 284 valence electrons. The Hall–Kier alpha value is -3.93. The Morgan fingerprint density at radius 3 is 2.15 bits per heavy atom. The van der Waals surface area contributed by atoms with E-state index in [1.54, 1.807) is 0 Å². The summed E-state index contributed by atoms with van der Waals surface area (Å²) >= 11 is 0. The first-order chi connectivity index (χ1) is 26.4. The summed E-state index contributed by atoms with van der Waals surface area (Å²) in [6.45, 7) is 3.11. The van der Waals surface area contributed by atoms with Crippen molar-refractivity contribution in [3.8, 4) is 0 Å². The van der Waals surface area contributed by atoms with Crippen molar-refractivity contribution in [2.75, 3.05) is 19.6 Å². The van der Waals surface area contributed by atoms with Crippen LogP contribution in [0.2, 0.25) is 0 Å². The van der Waals surface area contributed by atoms with Crippen LogP contribution in [-0.2, 0) is 28.6 Å². The van der Waals surface area contributed by atoms with E-state index in [1.165, 1.54) is 23.1 Å². The molecule has 4 aromatic rings. The lowest BCUT2D eigenvalue weighted by Crippen LogP contribution is -2.37. The predicted octanol–water partition coefficient (Wildman–Crippen LogP) is 5.77. The first-order valence-electron chi connectivity index (χ1n) is 20.7. The minimum Gasteiger partial charge on any atom is -0.339 e. The SMILES string of the molecule is NC1CCC(Cc2nc(C3(CN[C@H]4CC4c4cccc(CN5CCC(c6nc(C7(CN[C@H]8CC8c8ccccc8)CC7)no6)CC5=O)c4)CC3)no2)CC1. The summed E-state index contributed by atoms with van der Waals surface area (Å²) in [6, 6.07) is 21.0. The zero-order valence-electron chi connectivity index (χ0n) is 31.3. The number of nitrogens with one attached hydrogen (secondary N) is 2. The maximum Gasteiger partial charge on any atom is 0.230 e. The molecule has 5 aliphatic carbocycles. The molecule has 54 heavy (non-hydrogen) atoms. The molecule has 5 atom stereocenters. The van der Waals surface area contributed by atoms with E-state index in [0.717, 1.165) is 101 Å². The van der Waals surface area contributed by atoms with Gasteiger partial charge >= 0.3 is 0 Å². The number of likely N-dealkylation sites (tertiary alicyclic amines) is 1. The first kappa shape index (κ1) is 34.6. The fraction of sp³-hybridized carbons (Fsp3) is 0.605.